The molecule has 0 bridgehead atoms. The Kier molecular flexibility index (Phi) is 4.26. The molecule has 3 atom stereocenters. The third-order valence-electron chi connectivity index (χ3n) is 5.48. The van der Waals surface area contributed by atoms with Crippen LogP contribution in [0.2, 0.25) is 0 Å². The van der Waals surface area contributed by atoms with E-state index in [0.29, 0.717) is 18.5 Å². The smallest absolute Gasteiger partial charge is 0.404 e. The van der Waals surface area contributed by atoms with Crippen molar-refractivity contribution < 1.29 is 29.0 Å². The first kappa shape index (κ1) is 18.3. The van der Waals surface area contributed by atoms with E-state index >= 15 is 0 Å². The summed E-state index contributed by atoms with van der Waals surface area (Å²) in [5, 5.41) is 12.2. The van der Waals surface area contributed by atoms with E-state index in [9.17, 15) is 24.3 Å². The number of aliphatic carboxylic acids is 1. The molecule has 0 aromatic carbocycles. The summed E-state index contributed by atoms with van der Waals surface area (Å²) in [4.78, 5) is 52.6. The van der Waals surface area contributed by atoms with Gasteiger partial charge in [-0.2, -0.15) is 0 Å². The fourth-order valence-corrected chi connectivity index (χ4v) is 4.99. The lowest BCUT2D eigenvalue weighted by molar-refractivity contribution is -0.160. The quantitative estimate of drug-likeness (QED) is 0.706. The number of hydrogen-bond acceptors (Lipinski definition) is 6. The molecule has 3 N–H and O–H groups in total. The first-order valence-corrected chi connectivity index (χ1v) is 9.50. The number of nitrogens with two attached hydrogens (primary N) is 1. The average Bonchev–Trinajstić information content (AvgIpc) is 3.29. The summed E-state index contributed by atoms with van der Waals surface area (Å²) in [5.41, 5.74) is 5.20. The van der Waals surface area contributed by atoms with Gasteiger partial charge in [-0.05, 0) is 23.9 Å². The first-order chi connectivity index (χ1) is 13.3. The highest BCUT2D eigenvalue weighted by molar-refractivity contribution is 7.14. The van der Waals surface area contributed by atoms with Crippen LogP contribution in [0.1, 0.15) is 6.42 Å². The van der Waals surface area contributed by atoms with Crippen molar-refractivity contribution in [2.45, 2.75) is 18.5 Å². The zero-order chi connectivity index (χ0) is 20.2. The van der Waals surface area contributed by atoms with Crippen molar-refractivity contribution in [1.29, 1.82) is 0 Å². The predicted molar refractivity (Wildman–Crippen MR) is 97.6 cm³/mol. The van der Waals surface area contributed by atoms with Gasteiger partial charge in [-0.1, -0.05) is 0 Å². The number of urea groups is 1. The van der Waals surface area contributed by atoms with Gasteiger partial charge in [-0.15, -0.1) is 11.3 Å². The van der Waals surface area contributed by atoms with Crippen LogP contribution in [0.5, 0.6) is 0 Å². The van der Waals surface area contributed by atoms with E-state index in [2.05, 4.69) is 0 Å². The Balaban J connectivity index is 1.60. The Hall–Kier alpha value is -3.08. The Labute approximate surface area is 163 Å². The Morgan fingerprint density at radius 1 is 1.43 bits per heavy atom. The van der Waals surface area contributed by atoms with Crippen molar-refractivity contribution >= 4 is 40.3 Å². The molecule has 3 aliphatic rings. The molecular weight excluding hydrogens is 388 g/mol. The Morgan fingerprint density at radius 2 is 2.18 bits per heavy atom. The highest BCUT2D eigenvalue weighted by atomic mass is 32.1. The van der Waals surface area contributed by atoms with E-state index in [4.69, 9.17) is 10.5 Å². The number of carbonyl (C=O) groups excluding carboxylic acids is 3. The van der Waals surface area contributed by atoms with Crippen LogP contribution in [0.4, 0.5) is 14.6 Å². The van der Waals surface area contributed by atoms with Gasteiger partial charge < -0.3 is 20.5 Å². The average molecular weight is 406 g/mol. The molecule has 2 saturated heterocycles. The normalized spacial score (nSPS) is 25.3. The second-order valence-corrected chi connectivity index (χ2v) is 7.74. The molecule has 28 heavy (non-hydrogen) atoms. The van der Waals surface area contributed by atoms with E-state index in [-0.39, 0.29) is 24.3 Å². The van der Waals surface area contributed by atoms with Gasteiger partial charge in [0.2, 0.25) is 0 Å². The lowest BCUT2D eigenvalue weighted by atomic mass is 9.78. The number of carbonyl (C=O) groups is 4. The molecule has 1 unspecified atom stereocenters. The number of hydrogen-bond donors (Lipinski definition) is 2. The van der Waals surface area contributed by atoms with Gasteiger partial charge in [-0.25, -0.2) is 14.4 Å². The van der Waals surface area contributed by atoms with E-state index in [1.807, 2.05) is 17.5 Å². The van der Waals surface area contributed by atoms with Gasteiger partial charge in [0.05, 0.1) is 11.0 Å². The molecule has 2 fully saturated rings. The van der Waals surface area contributed by atoms with Crippen molar-refractivity contribution in [3.63, 3.8) is 0 Å². The van der Waals surface area contributed by atoms with E-state index in [0.717, 1.165) is 5.00 Å². The second-order valence-electron chi connectivity index (χ2n) is 6.81. The number of ether oxygens (including phenoxy) is 1. The number of amides is 4. The van der Waals surface area contributed by atoms with Crippen LogP contribution in [0, 0.1) is 5.92 Å². The van der Waals surface area contributed by atoms with E-state index in [1.165, 1.54) is 26.0 Å². The standard InChI is InChI=1S/C17H18N4O6S/c1-19(10-3-2-6-28-10)17(26)20-5-4-8-9(7-27-16(18)25)12(15(23)24)21-11(8)13(20)14(21)22/h2-3,6,8,11,13H,4-5,7H2,1H3,(H2,18,25)(H,23,24)/t8?,11-,13+/m1/s1. The lowest BCUT2D eigenvalue weighted by Gasteiger charge is -2.53. The minimum absolute atomic E-state index is 0.168. The molecule has 10 nitrogen and oxygen atoms in total. The van der Waals surface area contributed by atoms with Crippen LogP contribution in [0.15, 0.2) is 28.8 Å². The van der Waals surface area contributed by atoms with Crippen LogP contribution >= 0.6 is 11.3 Å². The molecule has 4 rings (SSSR count). The highest BCUT2D eigenvalue weighted by Gasteiger charge is 2.64. The fourth-order valence-electron chi connectivity index (χ4n) is 4.30. The number of primary amides is 1. The minimum Gasteiger partial charge on any atom is -0.477 e. The molecule has 1 aromatic heterocycles. The summed E-state index contributed by atoms with van der Waals surface area (Å²) in [7, 11) is 1.64. The summed E-state index contributed by atoms with van der Waals surface area (Å²) in [6.07, 6.45) is -0.553. The number of anilines is 1. The molecule has 0 aliphatic carbocycles. The number of carboxylic acids is 1. The first-order valence-electron chi connectivity index (χ1n) is 8.62. The summed E-state index contributed by atoms with van der Waals surface area (Å²) in [6, 6.07) is 2.15. The maximum Gasteiger partial charge on any atom is 0.404 e. The Bertz CT molecular complexity index is 897. The number of carboxylic acid groups (broad SMARTS) is 1. The topological polar surface area (TPSA) is 133 Å². The minimum atomic E-state index is -1.27. The molecule has 0 saturated carbocycles. The predicted octanol–water partition coefficient (Wildman–Crippen LogP) is 0.653. The largest absolute Gasteiger partial charge is 0.477 e. The third kappa shape index (κ3) is 2.53. The van der Waals surface area contributed by atoms with Crippen LogP contribution in [-0.4, -0.2) is 71.2 Å². The van der Waals surface area contributed by atoms with Crippen molar-refractivity contribution in [3.05, 3.63) is 28.8 Å². The van der Waals surface area contributed by atoms with Gasteiger partial charge in [-0.3, -0.25) is 14.6 Å². The van der Waals surface area contributed by atoms with Crippen LogP contribution < -0.4 is 10.6 Å². The number of piperidine rings is 1. The maximum absolute atomic E-state index is 12.9. The number of thiophene rings is 1. The molecule has 3 aliphatic heterocycles. The highest BCUT2D eigenvalue weighted by Crippen LogP contribution is 2.49. The van der Waals surface area contributed by atoms with E-state index < -0.39 is 30.1 Å². The molecule has 11 heteroatoms. The summed E-state index contributed by atoms with van der Waals surface area (Å²) < 4.78 is 4.81. The summed E-state index contributed by atoms with van der Waals surface area (Å²) in [5.74, 6) is -1.99. The molecule has 4 amide bonds. The van der Waals surface area contributed by atoms with Crippen molar-refractivity contribution in [1.82, 2.24) is 9.80 Å². The van der Waals surface area contributed by atoms with E-state index in [1.54, 1.807) is 7.05 Å². The lowest BCUT2D eigenvalue weighted by Crippen LogP contribution is -2.74. The number of rotatable bonds is 4. The van der Waals surface area contributed by atoms with Gasteiger partial charge in [0.25, 0.3) is 5.91 Å². The SMILES string of the molecule is CN(C(=O)N1CCC2C(COC(N)=O)=C(C(=O)O)N3C(=O)[C@@H]1[C@@H]23)c1cccs1. The molecule has 0 spiro atoms. The monoisotopic (exact) mass is 406 g/mol. The van der Waals surface area contributed by atoms with Gasteiger partial charge in [0, 0.05) is 25.1 Å². The molecule has 148 valence electrons. The van der Waals surface area contributed by atoms with Crippen LogP contribution in [-0.2, 0) is 14.3 Å². The molecule has 1 aromatic rings. The molecule has 4 heterocycles. The summed E-state index contributed by atoms with van der Waals surface area (Å²) >= 11 is 1.41. The molecular formula is C17H18N4O6S. The van der Waals surface area contributed by atoms with Gasteiger partial charge in [0.15, 0.2) is 0 Å². The van der Waals surface area contributed by atoms with Crippen LogP contribution in [0.3, 0.4) is 0 Å². The zero-order valence-electron chi connectivity index (χ0n) is 14.9. The molecule has 0 radical (unpaired) electrons. The number of likely N-dealkylation sites (tertiary alicyclic amines) is 1. The maximum atomic E-state index is 12.9. The Morgan fingerprint density at radius 3 is 2.79 bits per heavy atom. The van der Waals surface area contributed by atoms with Crippen LogP contribution in [0.25, 0.3) is 0 Å². The third-order valence-corrected chi connectivity index (χ3v) is 6.42. The van der Waals surface area contributed by atoms with Crippen molar-refractivity contribution in [2.24, 2.45) is 11.7 Å². The second kappa shape index (κ2) is 6.51. The van der Waals surface area contributed by atoms with Gasteiger partial charge >= 0.3 is 18.1 Å². The number of β-lactam (4-membered cyclic amide) rings is 1. The fraction of sp³-hybridized carbons (Fsp3) is 0.412. The number of nitrogens with zero attached hydrogens (tertiary/aromatic N) is 3. The van der Waals surface area contributed by atoms with Crippen molar-refractivity contribution in [3.8, 4) is 0 Å². The van der Waals surface area contributed by atoms with Crippen molar-refractivity contribution in [2.75, 3.05) is 25.1 Å². The van der Waals surface area contributed by atoms with Gasteiger partial charge in [0.1, 0.15) is 18.3 Å². The zero-order valence-corrected chi connectivity index (χ0v) is 15.7. The summed E-state index contributed by atoms with van der Waals surface area (Å²) in [6.45, 7) is 0.0185.